The molecular weight excluding hydrogens is 1480 g/mol. The average Bonchev–Trinajstić information content (AvgIpc) is 0.778. The summed E-state index contributed by atoms with van der Waals surface area (Å²) in [6.07, 6.45) is 21.4. The van der Waals surface area contributed by atoms with Crippen molar-refractivity contribution in [2.45, 2.75) is 0 Å². The summed E-state index contributed by atoms with van der Waals surface area (Å²) in [6, 6.07) is 103. The lowest BCUT2D eigenvalue weighted by Crippen LogP contribution is -2.01. The van der Waals surface area contributed by atoms with E-state index in [0.29, 0.717) is 85.5 Å². The average molecular weight is 1550 g/mol. The van der Waals surface area contributed by atoms with Crippen LogP contribution in [-0.2, 0) is 0 Å². The predicted octanol–water partition coefficient (Wildman–Crippen LogP) is 21.3. The molecular formula is C100H64N20. The number of pyridine rings is 18. The molecule has 0 saturated carbocycles. The first-order valence-corrected chi connectivity index (χ1v) is 38.6. The molecule has 19 heterocycles. The predicted molar refractivity (Wildman–Crippen MR) is 467 cm³/mol. The first-order valence-electron chi connectivity index (χ1n) is 38.6. The van der Waals surface area contributed by atoms with Gasteiger partial charge in [0.15, 0.2) is 5.82 Å². The second-order valence-electron chi connectivity index (χ2n) is 27.6. The van der Waals surface area contributed by atoms with Crippen LogP contribution in [0.2, 0.25) is 0 Å². The lowest BCUT2D eigenvalue weighted by atomic mass is 9.98. The van der Waals surface area contributed by atoms with Crippen LogP contribution in [-0.4, -0.2) is 99.7 Å². The third kappa shape index (κ3) is 16.6. The van der Waals surface area contributed by atoms with E-state index in [9.17, 15) is 0 Å². The molecule has 20 rings (SSSR count). The normalized spacial score (nSPS) is 11.0. The third-order valence-electron chi connectivity index (χ3n) is 19.6. The van der Waals surface area contributed by atoms with Crippen LogP contribution in [0.25, 0.3) is 204 Å². The van der Waals surface area contributed by atoms with Crippen molar-refractivity contribution in [3.8, 4) is 204 Å². The van der Waals surface area contributed by atoms with E-state index in [-0.39, 0.29) is 0 Å². The highest BCUT2D eigenvalue weighted by molar-refractivity contribution is 5.84. The summed E-state index contributed by atoms with van der Waals surface area (Å²) in [5.41, 5.74) is 27.1. The van der Waals surface area contributed by atoms with Gasteiger partial charge in [0.25, 0.3) is 0 Å². The molecule has 0 aliphatic heterocycles. The Morgan fingerprint density at radius 3 is 0.517 bits per heavy atom. The van der Waals surface area contributed by atoms with Crippen LogP contribution in [0.3, 0.4) is 0 Å². The molecule has 0 atom stereocenters. The monoisotopic (exact) mass is 1540 g/mol. The number of hydrogen-bond acceptors (Lipinski definition) is 20. The van der Waals surface area contributed by atoms with Crippen molar-refractivity contribution in [1.29, 1.82) is 0 Å². The number of rotatable bonds is 18. The van der Waals surface area contributed by atoms with E-state index in [2.05, 4.69) is 63.1 Å². The first kappa shape index (κ1) is 73.2. The van der Waals surface area contributed by atoms with Crippen molar-refractivity contribution in [3.05, 3.63) is 390 Å². The van der Waals surface area contributed by atoms with Gasteiger partial charge in [-0.25, -0.2) is 39.9 Å². The fourth-order valence-corrected chi connectivity index (χ4v) is 13.7. The molecule has 20 nitrogen and oxygen atoms in total. The molecule has 19 aromatic heterocycles. The van der Waals surface area contributed by atoms with Gasteiger partial charge in [-0.05, 0) is 243 Å². The van der Waals surface area contributed by atoms with Gasteiger partial charge in [0.05, 0.1) is 148 Å². The van der Waals surface area contributed by atoms with Crippen molar-refractivity contribution >= 4 is 0 Å². The fourth-order valence-electron chi connectivity index (χ4n) is 13.7. The first-order chi connectivity index (χ1) is 59.4. The molecule has 0 radical (unpaired) electrons. The highest BCUT2D eigenvalue weighted by Gasteiger charge is 2.22. The van der Waals surface area contributed by atoms with E-state index in [4.69, 9.17) is 54.8 Å². The molecule has 0 aliphatic carbocycles. The Morgan fingerprint density at radius 1 is 0.108 bits per heavy atom. The van der Waals surface area contributed by atoms with Crippen LogP contribution >= 0.6 is 0 Å². The maximum atomic E-state index is 5.31. The van der Waals surface area contributed by atoms with Crippen molar-refractivity contribution in [3.63, 3.8) is 0 Å². The van der Waals surface area contributed by atoms with Gasteiger partial charge in [-0.15, -0.1) is 0 Å². The van der Waals surface area contributed by atoms with Gasteiger partial charge in [0, 0.05) is 124 Å². The second kappa shape index (κ2) is 34.0. The van der Waals surface area contributed by atoms with Crippen LogP contribution < -0.4 is 0 Å². The van der Waals surface area contributed by atoms with Crippen molar-refractivity contribution in [2.24, 2.45) is 0 Å². The Labute approximate surface area is 689 Å². The van der Waals surface area contributed by atoms with Gasteiger partial charge >= 0.3 is 0 Å². The summed E-state index contributed by atoms with van der Waals surface area (Å²) in [4.78, 5) is 96.5. The van der Waals surface area contributed by atoms with Crippen LogP contribution in [0.4, 0.5) is 0 Å². The fraction of sp³-hybridized carbons (Fsp3) is 0. The van der Waals surface area contributed by atoms with Crippen LogP contribution in [0.5, 0.6) is 0 Å². The summed E-state index contributed by atoms with van der Waals surface area (Å²) in [5.74, 6) is 0.463. The van der Waals surface area contributed by atoms with Crippen LogP contribution in [0.1, 0.15) is 0 Å². The van der Waals surface area contributed by atoms with Crippen molar-refractivity contribution in [2.75, 3.05) is 0 Å². The summed E-state index contributed by atoms with van der Waals surface area (Å²) >= 11 is 0. The zero-order valence-corrected chi connectivity index (χ0v) is 63.9. The van der Waals surface area contributed by atoms with Crippen LogP contribution in [0.15, 0.2) is 390 Å². The standard InChI is InChI=1S/C51H33N9.C49H31N11/c1-4-25-52-46(10-1)49-22-19-34(31-55-49)40-13-7-16-43(58-40)37-28-38(44-17-8-14-41(59-44)35-20-23-50(56-32-35)47-11-2-5-26-53-47)30-39(29-37)45-18-9-15-42(60-45)36-21-24-51(57-33-36)48-12-3-6-27-54-48;1-7-19-50-35(13-1)43-25-32(26-44(56-43)36-14-2-8-20-51-36)41-31-42(33-27-45(37-15-3-9-21-52-37)57-46(28-33)38-16-4-10-22-53-38)60-49(59-41)34-29-47(39-17-5-11-23-54-39)58-48(30-34)40-18-6-12-24-55-40/h1-33H;1-31H. The highest BCUT2D eigenvalue weighted by atomic mass is 14.9. The molecule has 20 aromatic rings. The number of aromatic nitrogens is 20. The van der Waals surface area contributed by atoms with Crippen molar-refractivity contribution in [1.82, 2.24) is 99.7 Å². The quantitative estimate of drug-likeness (QED) is 0.0773. The van der Waals surface area contributed by atoms with Gasteiger partial charge in [-0.2, -0.15) is 0 Å². The van der Waals surface area contributed by atoms with Gasteiger partial charge < -0.3 is 0 Å². The Bertz CT molecular complexity index is 6100. The molecule has 0 N–H and O–H groups in total. The minimum absolute atomic E-state index is 0.463. The van der Waals surface area contributed by atoms with E-state index < -0.39 is 0 Å². The Morgan fingerprint density at radius 2 is 0.300 bits per heavy atom. The summed E-state index contributed by atoms with van der Waals surface area (Å²) in [7, 11) is 0. The molecule has 0 unspecified atom stereocenters. The second-order valence-corrected chi connectivity index (χ2v) is 27.6. The Kier molecular flexibility index (Phi) is 20.7. The Balaban J connectivity index is 0.000000159. The van der Waals surface area contributed by atoms with Gasteiger partial charge in [0.2, 0.25) is 0 Å². The topological polar surface area (TPSA) is 258 Å². The molecule has 564 valence electrons. The number of hydrogen-bond donors (Lipinski definition) is 0. The lowest BCUT2D eigenvalue weighted by molar-refractivity contribution is 1.16. The summed E-state index contributed by atoms with van der Waals surface area (Å²) in [6.45, 7) is 0. The Hall–Kier alpha value is -17.0. The molecule has 20 heteroatoms. The molecule has 0 fully saturated rings. The molecule has 0 saturated heterocycles. The maximum absolute atomic E-state index is 5.31. The van der Waals surface area contributed by atoms with Gasteiger partial charge in [0.1, 0.15) is 0 Å². The van der Waals surface area contributed by atoms with Crippen molar-refractivity contribution < 1.29 is 0 Å². The SMILES string of the molecule is c1ccc(-c2cc(-c3cc(-c4cc(-c5ccccn5)nc(-c5ccccn5)c4)nc(-c4cc(-c5ccccn5)nc(-c5ccccn5)c4)n3)cc(-c3ccccn3)n2)nc1.c1ccc(-c2ccc(-c3cccc(-c4cc(-c5cccc(-c6ccc(-c7ccccn7)nc6)n5)cc(-c5cccc(-c6ccc(-c7ccccn7)nc6)n5)c4)n3)cn2)nc1. The largest absolute Gasteiger partial charge is 0.255 e. The molecule has 1 aromatic carbocycles. The maximum Gasteiger partial charge on any atom is 0.160 e. The minimum Gasteiger partial charge on any atom is -0.255 e. The minimum atomic E-state index is 0.463. The third-order valence-corrected chi connectivity index (χ3v) is 19.6. The summed E-state index contributed by atoms with van der Waals surface area (Å²) < 4.78 is 0. The summed E-state index contributed by atoms with van der Waals surface area (Å²) in [5, 5.41) is 0. The molecule has 0 amide bonds. The van der Waals surface area contributed by atoms with E-state index >= 15 is 0 Å². The molecule has 120 heavy (non-hydrogen) atoms. The number of benzene rings is 1. The van der Waals surface area contributed by atoms with Gasteiger partial charge in [-0.3, -0.25) is 59.8 Å². The highest BCUT2D eigenvalue weighted by Crippen LogP contribution is 2.39. The molecule has 0 aliphatic rings. The van der Waals surface area contributed by atoms with E-state index in [1.54, 1.807) is 55.8 Å². The zero-order chi connectivity index (χ0) is 80.2. The lowest BCUT2D eigenvalue weighted by Gasteiger charge is -2.14. The van der Waals surface area contributed by atoms with E-state index in [0.717, 1.165) is 118 Å². The smallest absolute Gasteiger partial charge is 0.160 e. The van der Waals surface area contributed by atoms with Crippen LogP contribution in [0, 0.1) is 0 Å². The van der Waals surface area contributed by atoms with E-state index in [1.807, 2.05) is 316 Å². The van der Waals surface area contributed by atoms with Gasteiger partial charge in [-0.1, -0.05) is 72.8 Å². The van der Waals surface area contributed by atoms with E-state index in [1.165, 1.54) is 0 Å². The zero-order valence-electron chi connectivity index (χ0n) is 63.9. The molecule has 0 bridgehead atoms. The molecule has 0 spiro atoms. The number of nitrogens with zero attached hydrogens (tertiary/aromatic N) is 20.